The van der Waals surface area contributed by atoms with Gasteiger partial charge in [-0.1, -0.05) is 17.7 Å². The van der Waals surface area contributed by atoms with Crippen LogP contribution in [0.5, 0.6) is 0 Å². The second kappa shape index (κ2) is 7.30. The van der Waals surface area contributed by atoms with Crippen molar-refractivity contribution in [2.45, 2.75) is 25.6 Å². The van der Waals surface area contributed by atoms with Gasteiger partial charge in [-0.25, -0.2) is 4.79 Å². The van der Waals surface area contributed by atoms with Crippen LogP contribution in [-0.2, 0) is 11.0 Å². The number of amides is 3. The summed E-state index contributed by atoms with van der Waals surface area (Å²) in [6, 6.07) is 10.7. The third kappa shape index (κ3) is 4.58. The van der Waals surface area contributed by atoms with Gasteiger partial charge in [0.1, 0.15) is 0 Å². The van der Waals surface area contributed by atoms with E-state index < -0.39 is 17.8 Å². The lowest BCUT2D eigenvalue weighted by Crippen LogP contribution is -2.39. The highest BCUT2D eigenvalue weighted by molar-refractivity contribution is 5.97. The van der Waals surface area contributed by atoms with Crippen molar-refractivity contribution in [3.8, 4) is 0 Å². The molecule has 0 bridgehead atoms. The Bertz CT molecular complexity index is 833. The summed E-state index contributed by atoms with van der Waals surface area (Å²) in [6.45, 7) is 2.29. The van der Waals surface area contributed by atoms with Crippen molar-refractivity contribution < 1.29 is 22.8 Å². The summed E-state index contributed by atoms with van der Waals surface area (Å²) in [5.41, 5.74) is 1.29. The molecule has 1 saturated heterocycles. The molecule has 2 aromatic carbocycles. The number of carbonyl (C=O) groups excluding carboxylic acids is 2. The van der Waals surface area contributed by atoms with E-state index in [0.29, 0.717) is 6.54 Å². The number of carbonyl (C=O) groups is 2. The number of hydrogen-bond donors (Lipinski definition) is 2. The quantitative estimate of drug-likeness (QED) is 0.851. The van der Waals surface area contributed by atoms with Gasteiger partial charge < -0.3 is 15.5 Å². The predicted octanol–water partition coefficient (Wildman–Crippen LogP) is 3.94. The van der Waals surface area contributed by atoms with Crippen molar-refractivity contribution in [2.75, 3.05) is 16.8 Å². The molecular formula is C19H18F3N3O2. The molecule has 1 aliphatic heterocycles. The summed E-state index contributed by atoms with van der Waals surface area (Å²) in [4.78, 5) is 25.9. The van der Waals surface area contributed by atoms with E-state index >= 15 is 0 Å². The van der Waals surface area contributed by atoms with Gasteiger partial charge >= 0.3 is 12.2 Å². The number of nitrogens with one attached hydrogen (secondary N) is 2. The lowest BCUT2D eigenvalue weighted by Gasteiger charge is -2.17. The smallest absolute Gasteiger partial charge is 0.333 e. The van der Waals surface area contributed by atoms with Crippen LogP contribution in [0.2, 0.25) is 0 Å². The molecule has 0 saturated carbocycles. The molecule has 1 atom stereocenters. The zero-order valence-electron chi connectivity index (χ0n) is 14.5. The van der Waals surface area contributed by atoms with Gasteiger partial charge in [-0.15, -0.1) is 0 Å². The lowest BCUT2D eigenvalue weighted by molar-refractivity contribution is -0.137. The van der Waals surface area contributed by atoms with Crippen LogP contribution < -0.4 is 15.5 Å². The topological polar surface area (TPSA) is 61.4 Å². The van der Waals surface area contributed by atoms with Crippen LogP contribution in [0, 0.1) is 6.92 Å². The van der Waals surface area contributed by atoms with Crippen LogP contribution in [0.25, 0.3) is 0 Å². The highest BCUT2D eigenvalue weighted by Gasteiger charge is 2.32. The molecule has 1 unspecified atom stereocenters. The maximum Gasteiger partial charge on any atom is 0.416 e. The van der Waals surface area contributed by atoms with Crippen LogP contribution in [-0.4, -0.2) is 24.5 Å². The Morgan fingerprint density at radius 1 is 1.07 bits per heavy atom. The normalized spacial score (nSPS) is 17.1. The minimum Gasteiger partial charge on any atom is -0.333 e. The first-order chi connectivity index (χ1) is 12.7. The van der Waals surface area contributed by atoms with Crippen molar-refractivity contribution in [1.82, 2.24) is 5.32 Å². The van der Waals surface area contributed by atoms with Crippen LogP contribution >= 0.6 is 0 Å². The number of hydrogen-bond acceptors (Lipinski definition) is 2. The van der Waals surface area contributed by atoms with E-state index in [1.165, 1.54) is 12.1 Å². The Morgan fingerprint density at radius 2 is 1.70 bits per heavy atom. The van der Waals surface area contributed by atoms with Crippen LogP contribution in [0.3, 0.4) is 0 Å². The molecule has 2 aromatic rings. The van der Waals surface area contributed by atoms with Gasteiger partial charge in [-0.3, -0.25) is 4.79 Å². The fraction of sp³-hybridized carbons (Fsp3) is 0.263. The highest BCUT2D eigenvalue weighted by atomic mass is 19.4. The van der Waals surface area contributed by atoms with Crippen molar-refractivity contribution in [3.63, 3.8) is 0 Å². The summed E-state index contributed by atoms with van der Waals surface area (Å²) >= 11 is 0. The molecule has 0 spiro atoms. The Kier molecular flexibility index (Phi) is 5.07. The Hall–Kier alpha value is -3.03. The summed E-state index contributed by atoms with van der Waals surface area (Å²) < 4.78 is 37.7. The maximum atomic E-state index is 12.6. The molecule has 0 aliphatic carbocycles. The standard InChI is InChI=1S/C19H18F3N3O2/c1-12-2-8-16(9-3-12)25-11-15(10-17(25)26)24-18(27)23-14-6-4-13(5-7-14)19(20,21)22/h2-9,15H,10-11H2,1H3,(H2,23,24,27). The monoisotopic (exact) mass is 377 g/mol. The second-order valence-electron chi connectivity index (χ2n) is 6.41. The van der Waals surface area contributed by atoms with E-state index in [-0.39, 0.29) is 24.1 Å². The van der Waals surface area contributed by atoms with Gasteiger partial charge in [-0.05, 0) is 43.3 Å². The van der Waals surface area contributed by atoms with Gasteiger partial charge in [0.05, 0.1) is 11.6 Å². The van der Waals surface area contributed by atoms with E-state index in [1.807, 2.05) is 31.2 Å². The second-order valence-corrected chi connectivity index (χ2v) is 6.41. The van der Waals surface area contributed by atoms with Crippen LogP contribution in [0.4, 0.5) is 29.3 Å². The highest BCUT2D eigenvalue weighted by Crippen LogP contribution is 2.29. The molecule has 8 heteroatoms. The molecule has 1 aliphatic rings. The number of aryl methyl sites for hydroxylation is 1. The average molecular weight is 377 g/mol. The fourth-order valence-corrected chi connectivity index (χ4v) is 2.87. The molecular weight excluding hydrogens is 359 g/mol. The van der Waals surface area contributed by atoms with Crippen LogP contribution in [0.15, 0.2) is 48.5 Å². The summed E-state index contributed by atoms with van der Waals surface area (Å²) in [5, 5.41) is 5.16. The number of halogens is 3. The number of urea groups is 1. The summed E-state index contributed by atoms with van der Waals surface area (Å²) in [7, 11) is 0. The maximum absolute atomic E-state index is 12.6. The van der Waals surface area contributed by atoms with Crippen molar-refractivity contribution in [1.29, 1.82) is 0 Å². The Balaban J connectivity index is 1.57. The third-order valence-electron chi connectivity index (χ3n) is 4.28. The van der Waals surface area contributed by atoms with E-state index in [4.69, 9.17) is 0 Å². The van der Waals surface area contributed by atoms with Crippen molar-refractivity contribution in [2.24, 2.45) is 0 Å². The first-order valence-electron chi connectivity index (χ1n) is 8.34. The zero-order valence-corrected chi connectivity index (χ0v) is 14.5. The summed E-state index contributed by atoms with van der Waals surface area (Å²) in [5.74, 6) is -0.0984. The first kappa shape index (κ1) is 18.8. The molecule has 1 fully saturated rings. The Labute approximate surface area is 154 Å². The van der Waals surface area contributed by atoms with Crippen molar-refractivity contribution >= 4 is 23.3 Å². The van der Waals surface area contributed by atoms with Gasteiger partial charge in [0.25, 0.3) is 0 Å². The molecule has 3 amide bonds. The predicted molar refractivity (Wildman–Crippen MR) is 95.5 cm³/mol. The first-order valence-corrected chi connectivity index (χ1v) is 8.34. The average Bonchev–Trinajstić information content (AvgIpc) is 2.95. The molecule has 0 radical (unpaired) electrons. The molecule has 0 aromatic heterocycles. The number of nitrogens with zero attached hydrogens (tertiary/aromatic N) is 1. The van der Waals surface area contributed by atoms with Gasteiger partial charge in [-0.2, -0.15) is 13.2 Å². The summed E-state index contributed by atoms with van der Waals surface area (Å²) in [6.07, 6.45) is -4.27. The fourth-order valence-electron chi connectivity index (χ4n) is 2.87. The number of anilines is 2. The third-order valence-corrected chi connectivity index (χ3v) is 4.28. The van der Waals surface area contributed by atoms with Crippen molar-refractivity contribution in [3.05, 3.63) is 59.7 Å². The lowest BCUT2D eigenvalue weighted by atomic mass is 10.2. The number of rotatable bonds is 3. The largest absolute Gasteiger partial charge is 0.416 e. The molecule has 1 heterocycles. The van der Waals surface area contributed by atoms with Gasteiger partial charge in [0.15, 0.2) is 0 Å². The Morgan fingerprint density at radius 3 is 2.30 bits per heavy atom. The van der Waals surface area contributed by atoms with Crippen LogP contribution in [0.1, 0.15) is 17.5 Å². The van der Waals surface area contributed by atoms with Gasteiger partial charge in [0, 0.05) is 24.3 Å². The van der Waals surface area contributed by atoms with E-state index in [0.717, 1.165) is 23.4 Å². The SMILES string of the molecule is Cc1ccc(N2CC(NC(=O)Nc3ccc(C(F)(F)F)cc3)CC2=O)cc1. The van der Waals surface area contributed by atoms with Gasteiger partial charge in [0.2, 0.25) is 5.91 Å². The minimum atomic E-state index is -4.43. The number of benzene rings is 2. The zero-order chi connectivity index (χ0) is 19.6. The molecule has 142 valence electrons. The molecule has 5 nitrogen and oxygen atoms in total. The molecule has 3 rings (SSSR count). The van der Waals surface area contributed by atoms with E-state index in [1.54, 1.807) is 4.90 Å². The number of alkyl halides is 3. The van der Waals surface area contributed by atoms with E-state index in [2.05, 4.69) is 10.6 Å². The molecule has 27 heavy (non-hydrogen) atoms. The molecule has 2 N–H and O–H groups in total. The minimum absolute atomic E-state index is 0.0984. The van der Waals surface area contributed by atoms with E-state index in [9.17, 15) is 22.8 Å².